The molecule has 160 valence electrons. The number of halogens is 3. The van der Waals surface area contributed by atoms with Crippen LogP contribution in [-0.4, -0.2) is 63.1 Å². The number of benzene rings is 1. The van der Waals surface area contributed by atoms with Crippen molar-refractivity contribution in [3.8, 4) is 0 Å². The van der Waals surface area contributed by atoms with Crippen LogP contribution in [0.4, 0.5) is 14.9 Å². The number of hydrogen-bond donors (Lipinski definition) is 2. The molecule has 12 heteroatoms. The standard InChI is InChI=1S/C18H18Cl2FN5O4/c1-24-17(28)16-10-7-25(5-4-12(10)23-26(16)6-9(8-27)30-24)18(29)22-13-3-2-11(19)14(20)15(13)21/h2-3,9,27H,4-8H2,1H3,(H,22,29). The van der Waals surface area contributed by atoms with Crippen LogP contribution in [0.1, 0.15) is 21.7 Å². The fraction of sp³-hybridized carbons (Fsp3) is 0.389. The van der Waals surface area contributed by atoms with E-state index in [4.69, 9.17) is 28.0 Å². The van der Waals surface area contributed by atoms with Crippen LogP contribution < -0.4 is 5.32 Å². The lowest BCUT2D eigenvalue weighted by atomic mass is 10.1. The summed E-state index contributed by atoms with van der Waals surface area (Å²) in [5.74, 6) is -1.24. The number of nitrogens with one attached hydrogen (secondary N) is 1. The van der Waals surface area contributed by atoms with E-state index in [9.17, 15) is 19.1 Å². The van der Waals surface area contributed by atoms with E-state index in [0.29, 0.717) is 29.9 Å². The van der Waals surface area contributed by atoms with Gasteiger partial charge in [-0.3, -0.25) is 14.3 Å². The summed E-state index contributed by atoms with van der Waals surface area (Å²) >= 11 is 11.6. The summed E-state index contributed by atoms with van der Waals surface area (Å²) in [5.41, 5.74) is 1.52. The molecule has 0 spiro atoms. The maximum Gasteiger partial charge on any atom is 0.322 e. The molecule has 3 heterocycles. The van der Waals surface area contributed by atoms with Crippen LogP contribution in [0.5, 0.6) is 0 Å². The Balaban J connectivity index is 1.58. The molecule has 3 amide bonds. The zero-order valence-electron chi connectivity index (χ0n) is 15.9. The molecular weight excluding hydrogens is 440 g/mol. The number of aromatic nitrogens is 2. The Morgan fingerprint density at radius 2 is 2.20 bits per heavy atom. The van der Waals surface area contributed by atoms with Crippen LogP contribution >= 0.6 is 23.2 Å². The number of carbonyl (C=O) groups is 2. The van der Waals surface area contributed by atoms with Gasteiger partial charge in [-0.25, -0.2) is 14.2 Å². The Labute approximate surface area is 180 Å². The molecule has 2 N–H and O–H groups in total. The van der Waals surface area contributed by atoms with Gasteiger partial charge >= 0.3 is 6.03 Å². The molecular formula is C18H18Cl2FN5O4. The van der Waals surface area contributed by atoms with Gasteiger partial charge in [0, 0.05) is 25.6 Å². The van der Waals surface area contributed by atoms with Gasteiger partial charge in [-0.2, -0.15) is 5.10 Å². The van der Waals surface area contributed by atoms with Gasteiger partial charge in [0.1, 0.15) is 11.8 Å². The van der Waals surface area contributed by atoms with Crippen LogP contribution in [0.3, 0.4) is 0 Å². The largest absolute Gasteiger partial charge is 0.393 e. The molecule has 0 aliphatic carbocycles. The maximum atomic E-state index is 14.3. The molecule has 4 rings (SSSR count). The minimum atomic E-state index is -0.821. The fourth-order valence-corrected chi connectivity index (χ4v) is 3.84. The number of amides is 3. The van der Waals surface area contributed by atoms with Gasteiger partial charge in [0.2, 0.25) is 0 Å². The van der Waals surface area contributed by atoms with Crippen LogP contribution in [0, 0.1) is 5.82 Å². The topological polar surface area (TPSA) is 99.9 Å². The molecule has 1 aromatic carbocycles. The van der Waals surface area contributed by atoms with E-state index in [1.165, 1.54) is 28.8 Å². The van der Waals surface area contributed by atoms with Crippen LogP contribution in [0.15, 0.2) is 12.1 Å². The molecule has 0 fully saturated rings. The van der Waals surface area contributed by atoms with Crippen molar-refractivity contribution in [1.29, 1.82) is 0 Å². The first-order valence-electron chi connectivity index (χ1n) is 9.13. The van der Waals surface area contributed by atoms with Gasteiger partial charge in [-0.1, -0.05) is 23.2 Å². The lowest BCUT2D eigenvalue weighted by molar-refractivity contribution is -0.159. The lowest BCUT2D eigenvalue weighted by Gasteiger charge is -2.27. The molecule has 0 bridgehead atoms. The highest BCUT2D eigenvalue weighted by Crippen LogP contribution is 2.31. The SMILES string of the molecule is CN1OC(CO)Cn2nc3c(c2C1=O)CN(C(=O)Nc1ccc(Cl)c(Cl)c1F)CC3. The van der Waals surface area contributed by atoms with Crippen molar-refractivity contribution in [3.05, 3.63) is 44.9 Å². The van der Waals surface area contributed by atoms with E-state index in [-0.39, 0.29) is 35.4 Å². The first-order chi connectivity index (χ1) is 14.3. The summed E-state index contributed by atoms with van der Waals surface area (Å²) in [5, 5.41) is 17.2. The number of nitrogens with zero attached hydrogens (tertiary/aromatic N) is 4. The molecule has 0 radical (unpaired) electrons. The van der Waals surface area contributed by atoms with E-state index >= 15 is 0 Å². The average molecular weight is 458 g/mol. The summed E-state index contributed by atoms with van der Waals surface area (Å²) < 4.78 is 15.8. The summed E-state index contributed by atoms with van der Waals surface area (Å²) in [7, 11) is 1.46. The van der Waals surface area contributed by atoms with Crippen molar-refractivity contribution in [3.63, 3.8) is 0 Å². The third-order valence-electron chi connectivity index (χ3n) is 5.04. The first kappa shape index (κ1) is 20.9. The number of fused-ring (bicyclic) bond motifs is 3. The second-order valence-corrected chi connectivity index (χ2v) is 7.78. The number of hydroxylamine groups is 2. The van der Waals surface area contributed by atoms with Gasteiger partial charge in [-0.15, -0.1) is 0 Å². The normalized spacial score (nSPS) is 18.7. The zero-order valence-corrected chi connectivity index (χ0v) is 17.4. The Morgan fingerprint density at radius 1 is 1.43 bits per heavy atom. The summed E-state index contributed by atoms with van der Waals surface area (Å²) in [6.07, 6.45) is -0.188. The minimum Gasteiger partial charge on any atom is -0.393 e. The molecule has 1 aromatic heterocycles. The van der Waals surface area contributed by atoms with E-state index in [1.54, 1.807) is 0 Å². The maximum absolute atomic E-state index is 14.3. The van der Waals surface area contributed by atoms with Gasteiger partial charge in [0.15, 0.2) is 5.82 Å². The van der Waals surface area contributed by atoms with Crippen molar-refractivity contribution >= 4 is 40.8 Å². The molecule has 2 aromatic rings. The third kappa shape index (κ3) is 3.60. The van der Waals surface area contributed by atoms with E-state index < -0.39 is 23.9 Å². The van der Waals surface area contributed by atoms with Crippen molar-refractivity contribution in [1.82, 2.24) is 19.7 Å². The molecule has 9 nitrogen and oxygen atoms in total. The van der Waals surface area contributed by atoms with E-state index in [1.807, 2.05) is 0 Å². The molecule has 2 aliphatic rings. The van der Waals surface area contributed by atoms with Crippen LogP contribution in [0.2, 0.25) is 10.0 Å². The number of aliphatic hydroxyl groups excluding tert-OH is 1. The first-order valence-corrected chi connectivity index (χ1v) is 9.89. The van der Waals surface area contributed by atoms with Gasteiger partial charge < -0.3 is 15.3 Å². The van der Waals surface area contributed by atoms with Gasteiger partial charge in [0.05, 0.1) is 41.1 Å². The second-order valence-electron chi connectivity index (χ2n) is 6.99. The molecule has 1 unspecified atom stereocenters. The Bertz CT molecular complexity index is 1030. The summed E-state index contributed by atoms with van der Waals surface area (Å²) in [6.45, 7) is 0.381. The highest BCUT2D eigenvalue weighted by molar-refractivity contribution is 6.42. The van der Waals surface area contributed by atoms with Crippen molar-refractivity contribution < 1.29 is 23.9 Å². The Hall–Kier alpha value is -2.40. The molecule has 0 saturated carbocycles. The number of hydrogen-bond acceptors (Lipinski definition) is 5. The number of carbonyl (C=O) groups excluding carboxylic acids is 2. The number of anilines is 1. The smallest absolute Gasteiger partial charge is 0.322 e. The van der Waals surface area contributed by atoms with Crippen LogP contribution in [-0.2, 0) is 24.3 Å². The number of aliphatic hydroxyl groups is 1. The Morgan fingerprint density at radius 3 is 2.93 bits per heavy atom. The average Bonchev–Trinajstić information content (AvgIpc) is 3.04. The summed E-state index contributed by atoms with van der Waals surface area (Å²) in [4.78, 5) is 32.4. The molecule has 1 atom stereocenters. The van der Waals surface area contributed by atoms with Gasteiger partial charge in [-0.05, 0) is 12.1 Å². The van der Waals surface area contributed by atoms with Crippen molar-refractivity contribution in [2.45, 2.75) is 25.6 Å². The fourth-order valence-electron chi connectivity index (χ4n) is 3.53. The van der Waals surface area contributed by atoms with Crippen molar-refractivity contribution in [2.75, 3.05) is 25.5 Å². The highest BCUT2D eigenvalue weighted by atomic mass is 35.5. The summed E-state index contributed by atoms with van der Waals surface area (Å²) in [6, 6.07) is 2.17. The predicted octanol–water partition coefficient (Wildman–Crippen LogP) is 2.30. The third-order valence-corrected chi connectivity index (χ3v) is 5.82. The number of urea groups is 1. The van der Waals surface area contributed by atoms with E-state index in [2.05, 4.69) is 10.4 Å². The monoisotopic (exact) mass is 457 g/mol. The van der Waals surface area contributed by atoms with Crippen molar-refractivity contribution in [2.24, 2.45) is 0 Å². The predicted molar refractivity (Wildman–Crippen MR) is 106 cm³/mol. The minimum absolute atomic E-state index is 0.0448. The number of rotatable bonds is 2. The molecule has 2 aliphatic heterocycles. The molecule has 30 heavy (non-hydrogen) atoms. The molecule has 0 saturated heterocycles. The lowest BCUT2D eigenvalue weighted by Crippen LogP contribution is -2.40. The van der Waals surface area contributed by atoms with Gasteiger partial charge in [0.25, 0.3) is 5.91 Å². The van der Waals surface area contributed by atoms with E-state index in [0.717, 1.165) is 5.06 Å². The highest BCUT2D eigenvalue weighted by Gasteiger charge is 2.35. The zero-order chi connectivity index (χ0) is 21.6. The van der Waals surface area contributed by atoms with Crippen LogP contribution in [0.25, 0.3) is 0 Å². The quantitative estimate of drug-likeness (QED) is 0.673. The second kappa shape index (κ2) is 8.03. The Kier molecular flexibility index (Phi) is 5.58.